The smallest absolute Gasteiger partial charge is 0.266 e. The Labute approximate surface area is 92.6 Å². The largest absolute Gasteiger partial charge is 0.388 e. The Bertz CT molecular complexity index is 319. The zero-order valence-corrected chi connectivity index (χ0v) is 9.17. The predicted molar refractivity (Wildman–Crippen MR) is 52.2 cm³/mol. The van der Waals surface area contributed by atoms with Crippen molar-refractivity contribution in [3.63, 3.8) is 0 Å². The minimum Gasteiger partial charge on any atom is -0.388 e. The quantitative estimate of drug-likeness (QED) is 0.334. The van der Waals surface area contributed by atoms with Crippen LogP contribution in [0.1, 0.15) is 0 Å². The molecule has 1 rings (SSSR count). The second-order valence-corrected chi connectivity index (χ2v) is 5.11. The van der Waals surface area contributed by atoms with Gasteiger partial charge in [-0.2, -0.15) is 8.42 Å². The number of aliphatic hydroxyl groups is 3. The lowest BCUT2D eigenvalue weighted by Gasteiger charge is -2.35. The molecule has 1 heterocycles. The molecule has 0 aromatic carbocycles. The van der Waals surface area contributed by atoms with Gasteiger partial charge in [-0.3, -0.25) is 9.87 Å². The first-order valence-electron chi connectivity index (χ1n) is 4.65. The standard InChI is InChI=1S/C7H15NO7S/c9-4-3-15-7(6(11)5(4)10)8-1-2-16(12,13)14/h4-11H,1-3H2,(H,12,13,14)/t4-,5+,6-,7?/m1/s1. The maximum absolute atomic E-state index is 10.4. The molecule has 1 aliphatic rings. The van der Waals surface area contributed by atoms with E-state index in [1.807, 2.05) is 0 Å². The lowest BCUT2D eigenvalue weighted by Crippen LogP contribution is -2.58. The molecule has 0 bridgehead atoms. The van der Waals surface area contributed by atoms with Crippen LogP contribution in [-0.2, 0) is 14.9 Å². The molecule has 0 spiro atoms. The summed E-state index contributed by atoms with van der Waals surface area (Å²) in [5, 5.41) is 30.3. The van der Waals surface area contributed by atoms with Crippen LogP contribution in [0.4, 0.5) is 0 Å². The summed E-state index contributed by atoms with van der Waals surface area (Å²) < 4.78 is 34.2. The van der Waals surface area contributed by atoms with Crippen molar-refractivity contribution >= 4 is 10.1 Å². The summed E-state index contributed by atoms with van der Waals surface area (Å²) in [6, 6.07) is 0. The number of aliphatic hydroxyl groups excluding tert-OH is 3. The molecule has 0 aliphatic carbocycles. The van der Waals surface area contributed by atoms with E-state index in [1.165, 1.54) is 0 Å². The Kier molecular flexibility index (Phi) is 4.62. The molecule has 1 saturated heterocycles. The molecule has 0 saturated carbocycles. The lowest BCUT2D eigenvalue weighted by atomic mass is 10.0. The number of hydrogen-bond acceptors (Lipinski definition) is 7. The van der Waals surface area contributed by atoms with Crippen LogP contribution >= 0.6 is 0 Å². The van der Waals surface area contributed by atoms with E-state index in [0.717, 1.165) is 0 Å². The Hall–Kier alpha value is -0.290. The highest BCUT2D eigenvalue weighted by atomic mass is 32.2. The summed E-state index contributed by atoms with van der Waals surface area (Å²) in [6.07, 6.45) is -4.85. The molecule has 1 unspecified atom stereocenters. The average molecular weight is 257 g/mol. The van der Waals surface area contributed by atoms with Crippen molar-refractivity contribution in [1.29, 1.82) is 0 Å². The monoisotopic (exact) mass is 257 g/mol. The van der Waals surface area contributed by atoms with Crippen LogP contribution in [0.2, 0.25) is 0 Å². The zero-order valence-electron chi connectivity index (χ0n) is 8.35. The van der Waals surface area contributed by atoms with Crippen LogP contribution in [0.15, 0.2) is 0 Å². The highest BCUT2D eigenvalue weighted by Crippen LogP contribution is 2.13. The first-order chi connectivity index (χ1) is 7.31. The van der Waals surface area contributed by atoms with Gasteiger partial charge in [0.1, 0.15) is 24.5 Å². The van der Waals surface area contributed by atoms with Crippen LogP contribution in [0, 0.1) is 0 Å². The Morgan fingerprint density at radius 2 is 1.88 bits per heavy atom. The number of rotatable bonds is 4. The summed E-state index contributed by atoms with van der Waals surface area (Å²) >= 11 is 0. The van der Waals surface area contributed by atoms with E-state index in [0.29, 0.717) is 0 Å². The fourth-order valence-electron chi connectivity index (χ4n) is 1.32. The van der Waals surface area contributed by atoms with Gasteiger partial charge in [0.2, 0.25) is 0 Å². The van der Waals surface area contributed by atoms with Gasteiger partial charge in [-0.05, 0) is 0 Å². The summed E-state index contributed by atoms with van der Waals surface area (Å²) in [5.41, 5.74) is 0. The molecule has 8 nitrogen and oxygen atoms in total. The van der Waals surface area contributed by atoms with Crippen LogP contribution in [0.3, 0.4) is 0 Å². The van der Waals surface area contributed by atoms with E-state index < -0.39 is 40.4 Å². The molecule has 1 fully saturated rings. The van der Waals surface area contributed by atoms with Crippen molar-refractivity contribution in [2.75, 3.05) is 18.9 Å². The maximum atomic E-state index is 10.4. The van der Waals surface area contributed by atoms with Gasteiger partial charge in [0.05, 0.1) is 12.4 Å². The molecule has 96 valence electrons. The fraction of sp³-hybridized carbons (Fsp3) is 1.00. The Morgan fingerprint density at radius 3 is 2.44 bits per heavy atom. The molecule has 0 aromatic heterocycles. The van der Waals surface area contributed by atoms with Crippen LogP contribution in [0.5, 0.6) is 0 Å². The maximum Gasteiger partial charge on any atom is 0.266 e. The highest BCUT2D eigenvalue weighted by molar-refractivity contribution is 7.85. The lowest BCUT2D eigenvalue weighted by molar-refractivity contribution is -0.194. The Balaban J connectivity index is 2.38. The van der Waals surface area contributed by atoms with Crippen molar-refractivity contribution in [3.8, 4) is 0 Å². The topological polar surface area (TPSA) is 136 Å². The molecule has 16 heavy (non-hydrogen) atoms. The van der Waals surface area contributed by atoms with E-state index in [2.05, 4.69) is 5.32 Å². The van der Waals surface area contributed by atoms with Gasteiger partial charge in [-0.25, -0.2) is 0 Å². The van der Waals surface area contributed by atoms with Crippen molar-refractivity contribution in [3.05, 3.63) is 0 Å². The van der Waals surface area contributed by atoms with Crippen LogP contribution in [-0.4, -0.2) is 71.7 Å². The molecular formula is C7H15NO7S. The third-order valence-corrected chi connectivity index (χ3v) is 2.93. The normalized spacial score (nSPS) is 36.2. The molecule has 0 radical (unpaired) electrons. The summed E-state index contributed by atoms with van der Waals surface area (Å²) in [5.74, 6) is -0.530. The van der Waals surface area contributed by atoms with Gasteiger partial charge in [0.25, 0.3) is 10.1 Å². The van der Waals surface area contributed by atoms with Crippen molar-refractivity contribution in [2.45, 2.75) is 24.5 Å². The molecule has 9 heteroatoms. The summed E-state index contributed by atoms with van der Waals surface area (Å²) in [6.45, 7) is -0.300. The fourth-order valence-corrected chi connectivity index (χ4v) is 1.69. The Morgan fingerprint density at radius 1 is 1.25 bits per heavy atom. The predicted octanol–water partition coefficient (Wildman–Crippen LogP) is -3.10. The molecule has 0 amide bonds. The highest BCUT2D eigenvalue weighted by Gasteiger charge is 2.37. The van der Waals surface area contributed by atoms with Crippen molar-refractivity contribution in [1.82, 2.24) is 5.32 Å². The average Bonchev–Trinajstić information content (AvgIpc) is 2.16. The van der Waals surface area contributed by atoms with Crippen molar-refractivity contribution < 1.29 is 33.0 Å². The second-order valence-electron chi connectivity index (χ2n) is 3.54. The molecular weight excluding hydrogens is 242 g/mol. The molecule has 5 N–H and O–H groups in total. The number of nitrogens with one attached hydrogen (secondary N) is 1. The van der Waals surface area contributed by atoms with Crippen LogP contribution in [0.25, 0.3) is 0 Å². The van der Waals surface area contributed by atoms with Gasteiger partial charge in [0.15, 0.2) is 0 Å². The van der Waals surface area contributed by atoms with E-state index in [1.54, 1.807) is 0 Å². The molecule has 1 aliphatic heterocycles. The van der Waals surface area contributed by atoms with Gasteiger partial charge in [0, 0.05) is 6.54 Å². The minimum atomic E-state index is -4.08. The summed E-state index contributed by atoms with van der Waals surface area (Å²) in [7, 11) is -4.08. The van der Waals surface area contributed by atoms with E-state index in [9.17, 15) is 18.6 Å². The molecule has 0 aromatic rings. The number of ether oxygens (including phenoxy) is 1. The third-order valence-electron chi connectivity index (χ3n) is 2.21. The van der Waals surface area contributed by atoms with E-state index in [-0.39, 0.29) is 13.2 Å². The molecule has 4 atom stereocenters. The second kappa shape index (κ2) is 5.36. The minimum absolute atomic E-state index is 0.136. The van der Waals surface area contributed by atoms with Gasteiger partial charge >= 0.3 is 0 Å². The van der Waals surface area contributed by atoms with Crippen LogP contribution < -0.4 is 5.32 Å². The van der Waals surface area contributed by atoms with Gasteiger partial charge < -0.3 is 20.1 Å². The number of hydrogen-bond donors (Lipinski definition) is 5. The SMILES string of the molecule is O=S(=O)(O)CCNC1OC[C@@H](O)[C@H](O)[C@H]1O. The van der Waals surface area contributed by atoms with Gasteiger partial charge in [-0.15, -0.1) is 0 Å². The summed E-state index contributed by atoms with van der Waals surface area (Å²) in [4.78, 5) is 0. The zero-order chi connectivity index (χ0) is 12.3. The first kappa shape index (κ1) is 13.8. The van der Waals surface area contributed by atoms with Gasteiger partial charge in [-0.1, -0.05) is 0 Å². The van der Waals surface area contributed by atoms with Crippen molar-refractivity contribution in [2.24, 2.45) is 0 Å². The van der Waals surface area contributed by atoms with E-state index in [4.69, 9.17) is 14.4 Å². The van der Waals surface area contributed by atoms with E-state index >= 15 is 0 Å². The first-order valence-corrected chi connectivity index (χ1v) is 6.26. The third kappa shape index (κ3) is 3.94.